The van der Waals surface area contributed by atoms with Gasteiger partial charge in [0.25, 0.3) is 5.91 Å². The third-order valence-electron chi connectivity index (χ3n) is 6.99. The van der Waals surface area contributed by atoms with E-state index in [2.05, 4.69) is 36.4 Å². The fraction of sp³-hybridized carbons (Fsp3) is 0.636. The van der Waals surface area contributed by atoms with Gasteiger partial charge in [0, 0.05) is 12.4 Å². The fourth-order valence-corrected chi connectivity index (χ4v) is 4.51. The van der Waals surface area contributed by atoms with Gasteiger partial charge >= 0.3 is 6.03 Å². The van der Waals surface area contributed by atoms with Crippen molar-refractivity contribution in [1.29, 1.82) is 0 Å². The van der Waals surface area contributed by atoms with Crippen LogP contribution >= 0.6 is 0 Å². The van der Waals surface area contributed by atoms with Crippen LogP contribution in [0.4, 0.5) is 4.79 Å². The third kappa shape index (κ3) is 4.28. The van der Waals surface area contributed by atoms with Gasteiger partial charge in [-0.2, -0.15) is 0 Å². The number of imide groups is 1. The van der Waals surface area contributed by atoms with E-state index in [4.69, 9.17) is 0 Å². The first-order valence-electron chi connectivity index (χ1n) is 10.5. The summed E-state index contributed by atoms with van der Waals surface area (Å²) in [5.74, 6) is -0.0704. The fourth-order valence-electron chi connectivity index (χ4n) is 4.51. The van der Waals surface area contributed by atoms with E-state index >= 15 is 0 Å². The first-order valence-corrected chi connectivity index (χ1v) is 10.5. The maximum atomic E-state index is 13.1. The Labute approximate surface area is 172 Å². The molecule has 2 fully saturated rings. The number of carbonyl (C=O) groups is 3. The molecule has 0 radical (unpaired) electrons. The van der Waals surface area contributed by atoms with E-state index in [9.17, 15) is 14.4 Å². The van der Waals surface area contributed by atoms with Crippen molar-refractivity contribution in [2.24, 2.45) is 11.3 Å². The van der Waals surface area contributed by atoms with E-state index in [-0.39, 0.29) is 29.8 Å². The molecule has 7 heteroatoms. The number of hydrogen-bond donors (Lipinski definition) is 2. The molecule has 1 spiro atoms. The number of carbonyl (C=O) groups excluding carboxylic acids is 3. The summed E-state index contributed by atoms with van der Waals surface area (Å²) in [7, 11) is 0. The van der Waals surface area contributed by atoms with Crippen molar-refractivity contribution >= 4 is 17.8 Å². The highest BCUT2D eigenvalue weighted by molar-refractivity contribution is 6.09. The first-order chi connectivity index (χ1) is 13.7. The highest BCUT2D eigenvalue weighted by Gasteiger charge is 2.53. The molecule has 1 atom stereocenters. The molecule has 0 bridgehead atoms. The Morgan fingerprint density at radius 2 is 1.93 bits per heavy atom. The molecule has 2 heterocycles. The van der Waals surface area contributed by atoms with Crippen molar-refractivity contribution in [2.45, 2.75) is 71.4 Å². The Morgan fingerprint density at radius 3 is 2.52 bits per heavy atom. The Morgan fingerprint density at radius 1 is 1.31 bits per heavy atom. The van der Waals surface area contributed by atoms with Crippen molar-refractivity contribution in [3.63, 3.8) is 0 Å². The lowest BCUT2D eigenvalue weighted by Crippen LogP contribution is -2.51. The molecule has 158 valence electrons. The molecule has 1 aromatic rings. The molecule has 7 nitrogen and oxygen atoms in total. The van der Waals surface area contributed by atoms with Crippen LogP contribution in [0.15, 0.2) is 24.5 Å². The maximum absolute atomic E-state index is 13.1. The number of aromatic nitrogens is 1. The van der Waals surface area contributed by atoms with E-state index in [1.54, 1.807) is 12.4 Å². The van der Waals surface area contributed by atoms with Gasteiger partial charge in [-0.15, -0.1) is 0 Å². The van der Waals surface area contributed by atoms with Gasteiger partial charge in [0.2, 0.25) is 5.91 Å². The van der Waals surface area contributed by atoms with Crippen molar-refractivity contribution in [3.05, 3.63) is 30.1 Å². The van der Waals surface area contributed by atoms with Crippen molar-refractivity contribution in [3.8, 4) is 0 Å². The summed E-state index contributed by atoms with van der Waals surface area (Å²) >= 11 is 0. The summed E-state index contributed by atoms with van der Waals surface area (Å²) in [6.07, 6.45) is 7.50. The summed E-state index contributed by atoms with van der Waals surface area (Å²) < 4.78 is 0. The molecule has 0 aromatic carbocycles. The SMILES string of the molecule is CCC(C)(C)C1CCC2(CC1)NC(=O)N(CC(=O)NC(C)c1ccncc1)C2=O. The Kier molecular flexibility index (Phi) is 5.96. The van der Waals surface area contributed by atoms with E-state index in [0.29, 0.717) is 18.8 Å². The van der Waals surface area contributed by atoms with Crippen LogP contribution in [0.5, 0.6) is 0 Å². The smallest absolute Gasteiger partial charge is 0.325 e. The predicted molar refractivity (Wildman–Crippen MR) is 110 cm³/mol. The standard InChI is InChI=1S/C22H32N4O3/c1-5-21(3,4)17-6-10-22(11-7-17)19(28)26(20(29)25-22)14-18(27)24-15(2)16-8-12-23-13-9-16/h8-9,12-13,15,17H,5-7,10-11,14H2,1-4H3,(H,24,27)(H,25,29). The number of hydrogen-bond acceptors (Lipinski definition) is 4. The second-order valence-corrected chi connectivity index (χ2v) is 9.09. The van der Waals surface area contributed by atoms with Crippen molar-refractivity contribution in [2.75, 3.05) is 6.54 Å². The monoisotopic (exact) mass is 400 g/mol. The van der Waals surface area contributed by atoms with Crippen LogP contribution in [0.25, 0.3) is 0 Å². The normalized spacial score (nSPS) is 25.8. The average molecular weight is 401 g/mol. The largest absolute Gasteiger partial charge is 0.348 e. The van der Waals surface area contributed by atoms with Crippen molar-refractivity contribution < 1.29 is 14.4 Å². The van der Waals surface area contributed by atoms with Gasteiger partial charge in [0.05, 0.1) is 6.04 Å². The quantitative estimate of drug-likeness (QED) is 0.718. The molecule has 1 aliphatic heterocycles. The van der Waals surface area contributed by atoms with Gasteiger partial charge in [-0.1, -0.05) is 27.2 Å². The van der Waals surface area contributed by atoms with Gasteiger partial charge < -0.3 is 10.6 Å². The maximum Gasteiger partial charge on any atom is 0.325 e. The zero-order valence-electron chi connectivity index (χ0n) is 17.8. The average Bonchev–Trinajstić information content (AvgIpc) is 2.93. The number of pyridine rings is 1. The molecule has 1 unspecified atom stereocenters. The van der Waals surface area contributed by atoms with Crippen LogP contribution in [0.1, 0.15) is 71.4 Å². The second kappa shape index (κ2) is 8.13. The summed E-state index contributed by atoms with van der Waals surface area (Å²) in [6.45, 7) is 8.33. The molecular weight excluding hydrogens is 368 g/mol. The highest BCUT2D eigenvalue weighted by atomic mass is 16.2. The topological polar surface area (TPSA) is 91.4 Å². The van der Waals surface area contributed by atoms with E-state index in [1.165, 1.54) is 0 Å². The molecular formula is C22H32N4O3. The summed E-state index contributed by atoms with van der Waals surface area (Å²) in [6, 6.07) is 2.95. The molecule has 1 aliphatic carbocycles. The van der Waals surface area contributed by atoms with Gasteiger partial charge in [0.1, 0.15) is 12.1 Å². The number of rotatable bonds is 6. The number of nitrogens with zero attached hydrogens (tertiary/aromatic N) is 2. The van der Waals surface area contributed by atoms with Crippen LogP contribution in [0, 0.1) is 11.3 Å². The molecule has 3 rings (SSSR count). The molecule has 1 saturated carbocycles. The lowest BCUT2D eigenvalue weighted by Gasteiger charge is -2.42. The van der Waals surface area contributed by atoms with Crippen LogP contribution < -0.4 is 10.6 Å². The van der Waals surface area contributed by atoms with Crippen LogP contribution in [-0.2, 0) is 9.59 Å². The summed E-state index contributed by atoms with van der Waals surface area (Å²) in [4.78, 5) is 43.1. The second-order valence-electron chi connectivity index (χ2n) is 9.09. The Hall–Kier alpha value is -2.44. The summed E-state index contributed by atoms with van der Waals surface area (Å²) in [5, 5.41) is 5.75. The first kappa shape index (κ1) is 21.3. The number of amides is 4. The molecule has 1 aromatic heterocycles. The van der Waals surface area contributed by atoms with E-state index < -0.39 is 11.6 Å². The highest BCUT2D eigenvalue weighted by Crippen LogP contribution is 2.45. The van der Waals surface area contributed by atoms with Crippen molar-refractivity contribution in [1.82, 2.24) is 20.5 Å². The molecule has 1 saturated heterocycles. The molecule has 4 amide bonds. The molecule has 29 heavy (non-hydrogen) atoms. The van der Waals surface area contributed by atoms with Crippen LogP contribution in [-0.4, -0.2) is 39.8 Å². The molecule has 2 N–H and O–H groups in total. The minimum Gasteiger partial charge on any atom is -0.348 e. The zero-order valence-corrected chi connectivity index (χ0v) is 17.8. The minimum absolute atomic E-state index is 0.230. The zero-order chi connectivity index (χ0) is 21.2. The predicted octanol–water partition coefficient (Wildman–Crippen LogP) is 3.18. The Balaban J connectivity index is 1.60. The summed E-state index contributed by atoms with van der Waals surface area (Å²) in [5.41, 5.74) is 0.309. The lowest BCUT2D eigenvalue weighted by molar-refractivity contribution is -0.136. The third-order valence-corrected chi connectivity index (χ3v) is 6.99. The molecule has 2 aliphatic rings. The van der Waals surface area contributed by atoms with E-state index in [0.717, 1.165) is 29.7 Å². The van der Waals surface area contributed by atoms with E-state index in [1.807, 2.05) is 19.1 Å². The number of nitrogens with one attached hydrogen (secondary N) is 2. The lowest BCUT2D eigenvalue weighted by atomic mass is 9.65. The minimum atomic E-state index is -0.839. The van der Waals surface area contributed by atoms with Gasteiger partial charge in [-0.3, -0.25) is 19.5 Å². The van der Waals surface area contributed by atoms with Gasteiger partial charge in [-0.25, -0.2) is 4.79 Å². The Bertz CT molecular complexity index is 770. The van der Waals surface area contributed by atoms with Gasteiger partial charge in [-0.05, 0) is 61.6 Å². The van der Waals surface area contributed by atoms with Gasteiger partial charge in [0.15, 0.2) is 0 Å². The number of urea groups is 1. The van der Waals surface area contributed by atoms with Crippen LogP contribution in [0.2, 0.25) is 0 Å². The van der Waals surface area contributed by atoms with Crippen LogP contribution in [0.3, 0.4) is 0 Å².